The number of nitrogens with zero attached hydrogens (tertiary/aromatic N) is 2. The van der Waals surface area contributed by atoms with Crippen molar-refractivity contribution in [3.8, 4) is 11.3 Å². The van der Waals surface area contributed by atoms with Crippen molar-refractivity contribution < 1.29 is 8.78 Å². The van der Waals surface area contributed by atoms with Gasteiger partial charge in [-0.15, -0.1) is 11.3 Å². The van der Waals surface area contributed by atoms with Crippen molar-refractivity contribution in [2.24, 2.45) is 0 Å². The average molecular weight is 228 g/mol. The summed E-state index contributed by atoms with van der Waals surface area (Å²) in [7, 11) is 0. The maximum Gasteiger partial charge on any atom is 0.188 e. The van der Waals surface area contributed by atoms with E-state index >= 15 is 0 Å². The first-order chi connectivity index (χ1) is 7.09. The van der Waals surface area contributed by atoms with E-state index in [0.717, 1.165) is 16.7 Å². The maximum absolute atomic E-state index is 13.2. The third-order valence-electron chi connectivity index (χ3n) is 2.09. The molecule has 2 aromatic rings. The van der Waals surface area contributed by atoms with Crippen molar-refractivity contribution in [1.82, 2.24) is 9.78 Å². The first kappa shape index (κ1) is 10.3. The van der Waals surface area contributed by atoms with Gasteiger partial charge in [0.25, 0.3) is 0 Å². The zero-order chi connectivity index (χ0) is 11.0. The molecule has 0 bridgehead atoms. The third-order valence-corrected chi connectivity index (χ3v) is 2.83. The molecule has 5 heteroatoms. The number of aromatic nitrogens is 2. The summed E-state index contributed by atoms with van der Waals surface area (Å²) in [6, 6.07) is 1.80. The summed E-state index contributed by atoms with van der Waals surface area (Å²) >= 11 is 0.753. The third kappa shape index (κ3) is 1.79. The SMILES string of the molecule is CC(C)n1ccc(-c2c(F)csc2F)n1. The van der Waals surface area contributed by atoms with E-state index in [1.165, 1.54) is 0 Å². The number of hydrogen-bond acceptors (Lipinski definition) is 2. The summed E-state index contributed by atoms with van der Waals surface area (Å²) in [6.45, 7) is 3.91. The smallest absolute Gasteiger partial charge is 0.188 e. The molecule has 0 spiro atoms. The molecule has 0 saturated carbocycles. The fourth-order valence-corrected chi connectivity index (χ4v) is 1.94. The van der Waals surface area contributed by atoms with Crippen molar-refractivity contribution >= 4 is 11.3 Å². The van der Waals surface area contributed by atoms with Crippen LogP contribution in [0.1, 0.15) is 19.9 Å². The Balaban J connectivity index is 2.46. The fourth-order valence-electron chi connectivity index (χ4n) is 1.30. The van der Waals surface area contributed by atoms with E-state index in [2.05, 4.69) is 5.10 Å². The molecular weight excluding hydrogens is 218 g/mol. The number of halogens is 2. The van der Waals surface area contributed by atoms with Gasteiger partial charge in [0.2, 0.25) is 0 Å². The van der Waals surface area contributed by atoms with E-state index in [4.69, 9.17) is 0 Å². The second-order valence-corrected chi connectivity index (χ2v) is 4.34. The van der Waals surface area contributed by atoms with E-state index in [9.17, 15) is 8.78 Å². The van der Waals surface area contributed by atoms with Gasteiger partial charge >= 0.3 is 0 Å². The maximum atomic E-state index is 13.2. The van der Waals surface area contributed by atoms with E-state index in [1.807, 2.05) is 13.8 Å². The Labute approximate surface area is 90.2 Å². The molecule has 0 unspecified atom stereocenters. The molecule has 0 aliphatic heterocycles. The zero-order valence-electron chi connectivity index (χ0n) is 8.37. The van der Waals surface area contributed by atoms with Gasteiger partial charge in [-0.3, -0.25) is 4.68 Å². The van der Waals surface area contributed by atoms with E-state index in [1.54, 1.807) is 16.9 Å². The number of hydrogen-bond donors (Lipinski definition) is 0. The monoisotopic (exact) mass is 228 g/mol. The van der Waals surface area contributed by atoms with Gasteiger partial charge in [-0.1, -0.05) is 0 Å². The Bertz CT molecular complexity index is 454. The van der Waals surface area contributed by atoms with Gasteiger partial charge in [0, 0.05) is 17.6 Å². The van der Waals surface area contributed by atoms with Crippen molar-refractivity contribution in [3.05, 3.63) is 28.6 Å². The molecule has 0 radical (unpaired) electrons. The molecule has 80 valence electrons. The minimum Gasteiger partial charge on any atom is -0.270 e. The molecule has 2 aromatic heterocycles. The minimum atomic E-state index is -0.550. The molecule has 2 rings (SSSR count). The van der Waals surface area contributed by atoms with Crippen molar-refractivity contribution in [1.29, 1.82) is 0 Å². The predicted molar refractivity (Wildman–Crippen MR) is 55.8 cm³/mol. The Morgan fingerprint density at radius 3 is 2.60 bits per heavy atom. The number of rotatable bonds is 2. The normalized spacial score (nSPS) is 11.3. The van der Waals surface area contributed by atoms with Gasteiger partial charge in [0.1, 0.15) is 5.82 Å². The molecule has 0 aliphatic carbocycles. The molecule has 0 fully saturated rings. The standard InChI is InChI=1S/C10H10F2N2S/c1-6(2)14-4-3-8(13-14)9-7(11)5-15-10(9)12/h3-6H,1-2H3. The Morgan fingerprint density at radius 1 is 1.40 bits per heavy atom. The molecule has 0 atom stereocenters. The lowest BCUT2D eigenvalue weighted by molar-refractivity contribution is 0.532. The van der Waals surface area contributed by atoms with Gasteiger partial charge in [-0.25, -0.2) is 4.39 Å². The highest BCUT2D eigenvalue weighted by atomic mass is 32.1. The van der Waals surface area contributed by atoms with Gasteiger partial charge in [-0.2, -0.15) is 9.49 Å². The van der Waals surface area contributed by atoms with Crippen LogP contribution in [0.4, 0.5) is 8.78 Å². The highest BCUT2D eigenvalue weighted by molar-refractivity contribution is 7.08. The molecule has 0 amide bonds. The molecular formula is C10H10F2N2S. The lowest BCUT2D eigenvalue weighted by Crippen LogP contribution is -2.00. The van der Waals surface area contributed by atoms with E-state index in [-0.39, 0.29) is 11.6 Å². The van der Waals surface area contributed by atoms with Gasteiger partial charge in [-0.05, 0) is 19.9 Å². The Kier molecular flexibility index (Phi) is 2.56. The quantitative estimate of drug-likeness (QED) is 0.769. The Morgan fingerprint density at radius 2 is 2.13 bits per heavy atom. The van der Waals surface area contributed by atoms with Crippen molar-refractivity contribution in [2.45, 2.75) is 19.9 Å². The minimum absolute atomic E-state index is 0.0283. The van der Waals surface area contributed by atoms with Crippen LogP contribution >= 0.6 is 11.3 Å². The lowest BCUT2D eigenvalue weighted by atomic mass is 10.2. The summed E-state index contributed by atoms with van der Waals surface area (Å²) in [5.74, 6) is -0.550. The summed E-state index contributed by atoms with van der Waals surface area (Å²) in [4.78, 5) is 0. The molecule has 2 nitrogen and oxygen atoms in total. The Hall–Kier alpha value is -1.23. The summed E-state index contributed by atoms with van der Waals surface area (Å²) in [5.41, 5.74) is 0.319. The molecule has 0 N–H and O–H groups in total. The summed E-state index contributed by atoms with van der Waals surface area (Å²) in [6.07, 6.45) is 1.72. The summed E-state index contributed by atoms with van der Waals surface area (Å²) < 4.78 is 28.1. The largest absolute Gasteiger partial charge is 0.270 e. The molecule has 0 aliphatic rings. The summed E-state index contributed by atoms with van der Waals surface area (Å²) in [5, 5.41) is 4.74. The molecule has 0 saturated heterocycles. The first-order valence-electron chi connectivity index (χ1n) is 4.57. The van der Waals surface area contributed by atoms with Crippen LogP contribution in [0.15, 0.2) is 17.6 Å². The van der Waals surface area contributed by atoms with Crippen LogP contribution < -0.4 is 0 Å². The van der Waals surface area contributed by atoms with Crippen LogP contribution in [0, 0.1) is 10.9 Å². The highest BCUT2D eigenvalue weighted by Gasteiger charge is 2.16. The van der Waals surface area contributed by atoms with Gasteiger partial charge in [0.15, 0.2) is 5.13 Å². The van der Waals surface area contributed by atoms with Crippen LogP contribution in [-0.2, 0) is 0 Å². The number of thiophene rings is 1. The zero-order valence-corrected chi connectivity index (χ0v) is 9.18. The van der Waals surface area contributed by atoms with Gasteiger partial charge in [0.05, 0.1) is 11.3 Å². The predicted octanol–water partition coefficient (Wildman–Crippen LogP) is 3.47. The highest BCUT2D eigenvalue weighted by Crippen LogP contribution is 2.29. The van der Waals surface area contributed by atoms with Crippen LogP contribution in [-0.4, -0.2) is 9.78 Å². The second-order valence-electron chi connectivity index (χ2n) is 3.51. The lowest BCUT2D eigenvalue weighted by Gasteiger charge is -2.03. The van der Waals surface area contributed by atoms with E-state index in [0.29, 0.717) is 5.69 Å². The van der Waals surface area contributed by atoms with E-state index < -0.39 is 10.9 Å². The van der Waals surface area contributed by atoms with Crippen LogP contribution in [0.3, 0.4) is 0 Å². The van der Waals surface area contributed by atoms with Crippen LogP contribution in [0.2, 0.25) is 0 Å². The van der Waals surface area contributed by atoms with Crippen molar-refractivity contribution in [3.63, 3.8) is 0 Å². The van der Waals surface area contributed by atoms with Crippen molar-refractivity contribution in [2.75, 3.05) is 0 Å². The topological polar surface area (TPSA) is 17.8 Å². The fraction of sp³-hybridized carbons (Fsp3) is 0.300. The second kappa shape index (κ2) is 3.73. The molecule has 0 aromatic carbocycles. The molecule has 15 heavy (non-hydrogen) atoms. The van der Waals surface area contributed by atoms with Gasteiger partial charge < -0.3 is 0 Å². The van der Waals surface area contributed by atoms with Crippen LogP contribution in [0.5, 0.6) is 0 Å². The van der Waals surface area contributed by atoms with Crippen LogP contribution in [0.25, 0.3) is 11.3 Å². The average Bonchev–Trinajstić information content (AvgIpc) is 2.73. The first-order valence-corrected chi connectivity index (χ1v) is 5.45. The molecule has 2 heterocycles.